The Morgan fingerprint density at radius 2 is 1.88 bits per heavy atom. The lowest BCUT2D eigenvalue weighted by Gasteiger charge is -2.22. The van der Waals surface area contributed by atoms with E-state index in [1.165, 1.54) is 5.56 Å². The molecule has 0 unspecified atom stereocenters. The molecule has 0 aromatic heterocycles. The van der Waals surface area contributed by atoms with E-state index in [2.05, 4.69) is 46.0 Å². The molecule has 1 N–H and O–H groups in total. The highest BCUT2D eigenvalue weighted by Crippen LogP contribution is 2.29. The van der Waals surface area contributed by atoms with Gasteiger partial charge in [0.2, 0.25) is 9.04 Å². The normalized spacial score (nSPS) is 11.9. The summed E-state index contributed by atoms with van der Waals surface area (Å²) in [6.07, 6.45) is 0. The lowest BCUT2D eigenvalue weighted by molar-refractivity contribution is 0.278. The van der Waals surface area contributed by atoms with Crippen molar-refractivity contribution in [1.82, 2.24) is 0 Å². The van der Waals surface area contributed by atoms with Gasteiger partial charge in [-0.1, -0.05) is 32.9 Å². The lowest BCUT2D eigenvalue weighted by Crippen LogP contribution is -2.15. The zero-order valence-electron chi connectivity index (χ0n) is 10.9. The quantitative estimate of drug-likeness (QED) is 0.821. The first kappa shape index (κ1) is 13.3. The molecule has 90 valence electrons. The van der Waals surface area contributed by atoms with E-state index >= 15 is 0 Å². The Balaban J connectivity index is 3.11. The van der Waals surface area contributed by atoms with Gasteiger partial charge < -0.3 is 9.53 Å². The van der Waals surface area contributed by atoms with E-state index in [9.17, 15) is 5.11 Å². The number of hydrogen-bond acceptors (Lipinski definition) is 2. The molecule has 0 saturated heterocycles. The van der Waals surface area contributed by atoms with Gasteiger partial charge in [0.1, 0.15) is 5.75 Å². The molecule has 0 atom stereocenters. The highest BCUT2D eigenvalue weighted by atomic mass is 28.3. The molecule has 0 bridgehead atoms. The Kier molecular flexibility index (Phi) is 4.16. The Hall–Kier alpha value is -0.803. The van der Waals surface area contributed by atoms with Crippen LogP contribution in [-0.2, 0) is 12.0 Å². The fourth-order valence-corrected chi connectivity index (χ4v) is 2.24. The number of benzene rings is 1. The highest BCUT2D eigenvalue weighted by Gasteiger charge is 2.16. The summed E-state index contributed by atoms with van der Waals surface area (Å²) in [6, 6.07) is 6.10. The summed E-state index contributed by atoms with van der Waals surface area (Å²) < 4.78 is 5.85. The van der Waals surface area contributed by atoms with Crippen LogP contribution in [0.4, 0.5) is 0 Å². The molecule has 0 spiro atoms. The van der Waals surface area contributed by atoms with Crippen molar-refractivity contribution in [3.63, 3.8) is 0 Å². The average Bonchev–Trinajstić information content (AvgIpc) is 2.15. The molecule has 0 aliphatic carbocycles. The summed E-state index contributed by atoms with van der Waals surface area (Å²) in [4.78, 5) is 0. The van der Waals surface area contributed by atoms with Gasteiger partial charge in [0.05, 0.1) is 6.61 Å². The molecule has 0 aliphatic heterocycles. The molecule has 0 aliphatic rings. The maximum atomic E-state index is 9.26. The number of hydrogen-bond donors (Lipinski definition) is 1. The minimum atomic E-state index is -1.12. The summed E-state index contributed by atoms with van der Waals surface area (Å²) in [6.45, 7) is 10.8. The van der Waals surface area contributed by atoms with Crippen LogP contribution in [0.2, 0.25) is 13.1 Å². The Morgan fingerprint density at radius 3 is 2.31 bits per heavy atom. The van der Waals surface area contributed by atoms with Gasteiger partial charge in [-0.05, 0) is 30.1 Å². The number of aliphatic hydroxyl groups is 1. The van der Waals surface area contributed by atoms with Crippen molar-refractivity contribution in [1.29, 1.82) is 0 Å². The van der Waals surface area contributed by atoms with Gasteiger partial charge in [0, 0.05) is 5.56 Å². The maximum Gasteiger partial charge on any atom is 0.229 e. The molecule has 1 rings (SSSR count). The van der Waals surface area contributed by atoms with Crippen molar-refractivity contribution >= 4 is 9.04 Å². The van der Waals surface area contributed by atoms with Gasteiger partial charge in [0.15, 0.2) is 0 Å². The molecule has 3 heteroatoms. The van der Waals surface area contributed by atoms with E-state index in [0.29, 0.717) is 0 Å². The maximum absolute atomic E-state index is 9.26. The number of rotatable bonds is 3. The molecule has 0 saturated carbocycles. The topological polar surface area (TPSA) is 29.5 Å². The first-order chi connectivity index (χ1) is 7.34. The van der Waals surface area contributed by atoms with Crippen LogP contribution in [-0.4, -0.2) is 14.1 Å². The van der Waals surface area contributed by atoms with Gasteiger partial charge in [0.25, 0.3) is 0 Å². The third-order valence-corrected chi connectivity index (χ3v) is 3.19. The summed E-state index contributed by atoms with van der Waals surface area (Å²) in [5, 5.41) is 9.26. The minimum Gasteiger partial charge on any atom is -0.547 e. The standard InChI is InChI=1S/C13H22O2Si/c1-13(2,3)11-7-6-10(9-14)12(8-11)15-16(4)5/h6-8,14,16H,9H2,1-5H3. The molecule has 0 heterocycles. The predicted molar refractivity (Wildman–Crippen MR) is 70.6 cm³/mol. The molecule has 0 amide bonds. The van der Waals surface area contributed by atoms with Crippen molar-refractivity contribution in [2.75, 3.05) is 0 Å². The Bertz CT molecular complexity index is 353. The second-order valence-electron chi connectivity index (χ2n) is 5.40. The summed E-state index contributed by atoms with van der Waals surface area (Å²) >= 11 is 0. The zero-order valence-corrected chi connectivity index (χ0v) is 12.0. The second-order valence-corrected chi connectivity index (χ2v) is 7.73. The first-order valence-corrected chi connectivity index (χ1v) is 8.53. The highest BCUT2D eigenvalue weighted by molar-refractivity contribution is 6.49. The predicted octanol–water partition coefficient (Wildman–Crippen LogP) is 2.84. The van der Waals surface area contributed by atoms with Gasteiger partial charge >= 0.3 is 0 Å². The lowest BCUT2D eigenvalue weighted by atomic mass is 9.86. The van der Waals surface area contributed by atoms with Crippen LogP contribution in [0.25, 0.3) is 0 Å². The van der Waals surface area contributed by atoms with Crippen molar-refractivity contribution in [3.05, 3.63) is 29.3 Å². The molecule has 1 aromatic rings. The van der Waals surface area contributed by atoms with Crippen molar-refractivity contribution in [2.45, 2.75) is 45.9 Å². The van der Waals surface area contributed by atoms with Crippen LogP contribution in [0.3, 0.4) is 0 Å². The fraction of sp³-hybridized carbons (Fsp3) is 0.538. The van der Waals surface area contributed by atoms with E-state index < -0.39 is 9.04 Å². The third-order valence-electron chi connectivity index (χ3n) is 2.47. The fourth-order valence-electron chi connectivity index (χ4n) is 1.52. The minimum absolute atomic E-state index is 0.0425. The molecule has 0 radical (unpaired) electrons. The van der Waals surface area contributed by atoms with E-state index in [0.717, 1.165) is 11.3 Å². The largest absolute Gasteiger partial charge is 0.547 e. The molecule has 16 heavy (non-hydrogen) atoms. The van der Waals surface area contributed by atoms with Gasteiger partial charge in [-0.2, -0.15) is 0 Å². The van der Waals surface area contributed by atoms with E-state index in [4.69, 9.17) is 4.43 Å². The second kappa shape index (κ2) is 5.02. The Labute approximate surface area is 100.0 Å². The first-order valence-electron chi connectivity index (χ1n) is 5.75. The van der Waals surface area contributed by atoms with Crippen LogP contribution in [0.15, 0.2) is 18.2 Å². The molecular weight excluding hydrogens is 216 g/mol. The molecular formula is C13H22O2Si. The van der Waals surface area contributed by atoms with Crippen LogP contribution in [0.5, 0.6) is 5.75 Å². The SMILES string of the molecule is C[SiH](C)Oc1cc(C(C)(C)C)ccc1CO. The van der Waals surface area contributed by atoms with Crippen molar-refractivity contribution in [3.8, 4) is 5.75 Å². The van der Waals surface area contributed by atoms with Crippen LogP contribution >= 0.6 is 0 Å². The Morgan fingerprint density at radius 1 is 1.25 bits per heavy atom. The smallest absolute Gasteiger partial charge is 0.229 e. The summed E-state index contributed by atoms with van der Waals surface area (Å²) in [7, 11) is -1.12. The van der Waals surface area contributed by atoms with Crippen molar-refractivity contribution < 1.29 is 9.53 Å². The number of aliphatic hydroxyl groups excluding tert-OH is 1. The molecule has 2 nitrogen and oxygen atoms in total. The summed E-state index contributed by atoms with van der Waals surface area (Å²) in [5.41, 5.74) is 2.24. The van der Waals surface area contributed by atoms with Crippen LogP contribution in [0, 0.1) is 0 Å². The van der Waals surface area contributed by atoms with Crippen LogP contribution < -0.4 is 4.43 Å². The monoisotopic (exact) mass is 238 g/mol. The van der Waals surface area contributed by atoms with E-state index in [-0.39, 0.29) is 12.0 Å². The van der Waals surface area contributed by atoms with Gasteiger partial charge in [-0.15, -0.1) is 0 Å². The van der Waals surface area contributed by atoms with E-state index in [1.54, 1.807) is 0 Å². The van der Waals surface area contributed by atoms with Crippen LogP contribution in [0.1, 0.15) is 31.9 Å². The van der Waals surface area contributed by atoms with Gasteiger partial charge in [-0.25, -0.2) is 0 Å². The third kappa shape index (κ3) is 3.35. The van der Waals surface area contributed by atoms with E-state index in [1.807, 2.05) is 6.07 Å². The van der Waals surface area contributed by atoms with Crippen molar-refractivity contribution in [2.24, 2.45) is 0 Å². The average molecular weight is 238 g/mol. The zero-order chi connectivity index (χ0) is 12.3. The molecule has 1 aromatic carbocycles. The summed E-state index contributed by atoms with van der Waals surface area (Å²) in [5.74, 6) is 0.858. The van der Waals surface area contributed by atoms with Gasteiger partial charge in [-0.3, -0.25) is 0 Å². The molecule has 0 fully saturated rings.